The average Bonchev–Trinajstić information content (AvgIpc) is 2.57. The van der Waals surface area contributed by atoms with Crippen molar-refractivity contribution in [3.05, 3.63) is 68.8 Å². The Morgan fingerprint density at radius 2 is 0.545 bits per heavy atom. The van der Waals surface area contributed by atoms with Gasteiger partial charge in [0.05, 0.1) is 0 Å². The maximum absolute atomic E-state index is 2.50. The van der Waals surface area contributed by atoms with Crippen LogP contribution < -0.4 is 0 Å². The van der Waals surface area contributed by atoms with E-state index in [1.165, 1.54) is 44.5 Å². The molecule has 0 radical (unpaired) electrons. The minimum absolute atomic E-state index is 0.0958. The van der Waals surface area contributed by atoms with Gasteiger partial charge in [-0.25, -0.2) is 0 Å². The van der Waals surface area contributed by atoms with Crippen LogP contribution in [0.25, 0.3) is 0 Å². The van der Waals surface area contributed by atoms with E-state index in [0.29, 0.717) is 0 Å². The number of hydrogen-bond donors (Lipinski definition) is 0. The first kappa shape index (κ1) is 27.7. The van der Waals surface area contributed by atoms with Gasteiger partial charge in [0.2, 0.25) is 0 Å². The van der Waals surface area contributed by atoms with Crippen LogP contribution >= 0.6 is 0 Å². The second kappa shape index (κ2) is 8.28. The third kappa shape index (κ3) is 5.58. The highest BCUT2D eigenvalue weighted by atomic mass is 14.4. The van der Waals surface area contributed by atoms with E-state index >= 15 is 0 Å². The average molecular weight is 449 g/mol. The van der Waals surface area contributed by atoms with E-state index < -0.39 is 0 Å². The number of hydrogen-bond acceptors (Lipinski definition) is 0. The van der Waals surface area contributed by atoms with Crippen LogP contribution in [-0.4, -0.2) is 0 Å². The second-order valence-electron chi connectivity index (χ2n) is 15.0. The van der Waals surface area contributed by atoms with Crippen LogP contribution in [0.4, 0.5) is 0 Å². The topological polar surface area (TPSA) is 0 Å². The highest BCUT2D eigenvalue weighted by Gasteiger charge is 2.33. The van der Waals surface area contributed by atoms with E-state index in [-0.39, 0.29) is 27.1 Å². The van der Waals surface area contributed by atoms with Crippen LogP contribution in [0.3, 0.4) is 0 Å². The Kier molecular flexibility index (Phi) is 6.95. The van der Waals surface area contributed by atoms with Crippen molar-refractivity contribution in [2.45, 2.75) is 138 Å². The van der Waals surface area contributed by atoms with Gasteiger partial charge in [-0.1, -0.05) is 121 Å². The van der Waals surface area contributed by atoms with Crippen LogP contribution in [0.1, 0.15) is 141 Å². The maximum Gasteiger partial charge on any atom is 0.0146 e. The van der Waals surface area contributed by atoms with Crippen LogP contribution in [0.15, 0.2) is 24.3 Å². The smallest absolute Gasteiger partial charge is 0.0146 e. The summed E-state index contributed by atoms with van der Waals surface area (Å²) in [6, 6.07) is 9.99. The van der Waals surface area contributed by atoms with E-state index in [1.54, 1.807) is 0 Å². The molecule has 0 heterocycles. The summed E-state index contributed by atoms with van der Waals surface area (Å²) in [6.07, 6.45) is 0. The fourth-order valence-corrected chi connectivity index (χ4v) is 5.43. The van der Waals surface area contributed by atoms with E-state index in [9.17, 15) is 0 Å². The Morgan fingerprint density at radius 3 is 0.697 bits per heavy atom. The maximum atomic E-state index is 2.50. The van der Waals surface area contributed by atoms with Gasteiger partial charge < -0.3 is 0 Å². The molecule has 2 rings (SSSR count). The molecule has 0 heteroatoms. The first-order valence-corrected chi connectivity index (χ1v) is 12.8. The largest absolute Gasteiger partial charge is 0.0561 e. The Labute approximate surface area is 206 Å². The van der Waals surface area contributed by atoms with Gasteiger partial charge in [-0.15, -0.1) is 0 Å². The normalized spacial score (nSPS) is 14.1. The monoisotopic (exact) mass is 448 g/mol. The third-order valence-corrected chi connectivity index (χ3v) is 7.49. The van der Waals surface area contributed by atoms with E-state index in [2.05, 4.69) is 135 Å². The molecule has 0 bridgehead atoms. The van der Waals surface area contributed by atoms with Gasteiger partial charge in [0.25, 0.3) is 0 Å². The van der Waals surface area contributed by atoms with Gasteiger partial charge in [-0.2, -0.15) is 0 Å². The molecule has 0 aliphatic carbocycles. The first-order chi connectivity index (χ1) is 14.5. The third-order valence-electron chi connectivity index (χ3n) is 7.49. The number of benzene rings is 2. The fraction of sp³-hybridized carbons (Fsp3) is 0.636. The molecule has 0 saturated carbocycles. The van der Waals surface area contributed by atoms with E-state index in [0.717, 1.165) is 0 Å². The highest BCUT2D eigenvalue weighted by molar-refractivity contribution is 5.53. The molecule has 0 aromatic heterocycles. The van der Waals surface area contributed by atoms with Crippen molar-refractivity contribution < 1.29 is 0 Å². The van der Waals surface area contributed by atoms with Gasteiger partial charge in [0.1, 0.15) is 0 Å². The molecule has 0 amide bonds. The summed E-state index contributed by atoms with van der Waals surface area (Å²) in [5.41, 5.74) is 12.0. The highest BCUT2D eigenvalue weighted by Crippen LogP contribution is 2.43. The standard InChI is InChI=1S/C33H52/c1-21-25(29(3,4)5)17-23(18-26(21)30(6,7)8)33(15,16)24-19-27(31(9,10)11)22(2)28(20-24)32(12,13)14/h17-20H,1-16H3. The summed E-state index contributed by atoms with van der Waals surface area (Å²) in [6.45, 7) is 37.6. The molecule has 0 spiro atoms. The minimum Gasteiger partial charge on any atom is -0.0561 e. The van der Waals surface area contributed by atoms with E-state index in [4.69, 9.17) is 0 Å². The quantitative estimate of drug-likeness (QED) is 0.429. The molecule has 2 aromatic carbocycles. The lowest BCUT2D eigenvalue weighted by Crippen LogP contribution is -2.27. The summed E-state index contributed by atoms with van der Waals surface area (Å²) in [4.78, 5) is 0. The summed E-state index contributed by atoms with van der Waals surface area (Å²) in [7, 11) is 0. The molecular formula is C33H52. The zero-order chi connectivity index (χ0) is 25.9. The predicted molar refractivity (Wildman–Crippen MR) is 149 cm³/mol. The van der Waals surface area contributed by atoms with Crippen molar-refractivity contribution in [1.29, 1.82) is 0 Å². The zero-order valence-electron chi connectivity index (χ0n) is 24.8. The summed E-state index contributed by atoms with van der Waals surface area (Å²) in [5, 5.41) is 0. The summed E-state index contributed by atoms with van der Waals surface area (Å²) < 4.78 is 0. The van der Waals surface area contributed by atoms with Gasteiger partial charge >= 0.3 is 0 Å². The van der Waals surface area contributed by atoms with Gasteiger partial charge in [-0.05, 0) is 80.0 Å². The van der Waals surface area contributed by atoms with Crippen LogP contribution in [0.5, 0.6) is 0 Å². The molecule has 0 N–H and O–H groups in total. The molecule has 0 atom stereocenters. The second-order valence-corrected chi connectivity index (χ2v) is 15.0. The fourth-order valence-electron chi connectivity index (χ4n) is 5.43. The van der Waals surface area contributed by atoms with Crippen LogP contribution in [0, 0.1) is 13.8 Å². The van der Waals surface area contributed by atoms with Crippen molar-refractivity contribution >= 4 is 0 Å². The SMILES string of the molecule is Cc1c(C(C)(C)C)cc(C(C)(C)c2cc(C(C)(C)C)c(C)c(C(C)(C)C)c2)cc1C(C)(C)C. The molecular weight excluding hydrogens is 396 g/mol. The molecule has 184 valence electrons. The molecule has 0 aliphatic rings. The lowest BCUT2D eigenvalue weighted by Gasteiger charge is -2.36. The lowest BCUT2D eigenvalue weighted by molar-refractivity contribution is 0.543. The molecule has 2 aromatic rings. The van der Waals surface area contributed by atoms with Crippen LogP contribution in [-0.2, 0) is 27.1 Å². The minimum atomic E-state index is -0.0958. The first-order valence-electron chi connectivity index (χ1n) is 12.8. The Bertz CT molecular complexity index is 862. The molecule has 0 aliphatic heterocycles. The Hall–Kier alpha value is -1.56. The lowest BCUT2D eigenvalue weighted by atomic mass is 9.68. The van der Waals surface area contributed by atoms with Crippen molar-refractivity contribution in [2.24, 2.45) is 0 Å². The summed E-state index contributed by atoms with van der Waals surface area (Å²) >= 11 is 0. The van der Waals surface area contributed by atoms with Crippen LogP contribution in [0.2, 0.25) is 0 Å². The molecule has 0 nitrogen and oxygen atoms in total. The van der Waals surface area contributed by atoms with Crippen molar-refractivity contribution in [3.63, 3.8) is 0 Å². The van der Waals surface area contributed by atoms with Crippen molar-refractivity contribution in [2.75, 3.05) is 0 Å². The Balaban J connectivity index is 2.95. The molecule has 0 fully saturated rings. The summed E-state index contributed by atoms with van der Waals surface area (Å²) in [5.74, 6) is 0. The molecule has 33 heavy (non-hydrogen) atoms. The van der Waals surface area contributed by atoms with Gasteiger partial charge in [-0.3, -0.25) is 0 Å². The van der Waals surface area contributed by atoms with Gasteiger partial charge in [0.15, 0.2) is 0 Å². The van der Waals surface area contributed by atoms with Gasteiger partial charge in [0, 0.05) is 5.41 Å². The molecule has 0 saturated heterocycles. The van der Waals surface area contributed by atoms with E-state index in [1.807, 2.05) is 0 Å². The predicted octanol–water partition coefficient (Wildman–Crippen LogP) is 9.82. The zero-order valence-corrected chi connectivity index (χ0v) is 24.8. The Morgan fingerprint density at radius 1 is 0.364 bits per heavy atom. The molecule has 0 unspecified atom stereocenters. The number of rotatable bonds is 2. The van der Waals surface area contributed by atoms with Crippen molar-refractivity contribution in [1.82, 2.24) is 0 Å². The van der Waals surface area contributed by atoms with Crippen molar-refractivity contribution in [3.8, 4) is 0 Å².